The molecule has 3 nitrogen and oxygen atoms in total. The van der Waals surface area contributed by atoms with E-state index >= 15 is 0 Å². The number of H-pyrrole nitrogens is 1. The molecule has 0 aliphatic rings. The zero-order valence-corrected chi connectivity index (χ0v) is 10.4. The maximum atomic E-state index is 8.77. The summed E-state index contributed by atoms with van der Waals surface area (Å²) in [5.74, 6) is 0. The Balaban J connectivity index is 2.16. The first-order chi connectivity index (χ1) is 9.28. The van der Waals surface area contributed by atoms with Crippen LogP contribution in [0.1, 0.15) is 5.56 Å². The summed E-state index contributed by atoms with van der Waals surface area (Å²) < 4.78 is 0. The fraction of sp³-hybridized carbons (Fsp3) is 0.0625. The highest BCUT2D eigenvalue weighted by atomic mass is 14.7. The zero-order chi connectivity index (χ0) is 13.2. The van der Waals surface area contributed by atoms with Gasteiger partial charge in [-0.2, -0.15) is 5.26 Å². The number of nitrogens with two attached hydrogens (primary N) is 1. The van der Waals surface area contributed by atoms with Gasteiger partial charge in [-0.15, -0.1) is 0 Å². The molecule has 0 bridgehead atoms. The fourth-order valence-electron chi connectivity index (χ4n) is 2.30. The van der Waals surface area contributed by atoms with Crippen LogP contribution >= 0.6 is 0 Å². The van der Waals surface area contributed by atoms with Crippen LogP contribution in [0.15, 0.2) is 48.5 Å². The lowest BCUT2D eigenvalue weighted by atomic mass is 10.1. The van der Waals surface area contributed by atoms with Crippen LogP contribution in [-0.4, -0.2) is 4.98 Å². The van der Waals surface area contributed by atoms with E-state index in [1.807, 2.05) is 30.3 Å². The van der Waals surface area contributed by atoms with Gasteiger partial charge in [-0.25, -0.2) is 0 Å². The van der Waals surface area contributed by atoms with Crippen molar-refractivity contribution in [1.29, 1.82) is 5.26 Å². The Morgan fingerprint density at radius 1 is 1.11 bits per heavy atom. The number of nitrogen functional groups attached to an aromatic ring is 1. The number of nitriles is 1. The normalized spacial score (nSPS) is 10.5. The van der Waals surface area contributed by atoms with Crippen molar-refractivity contribution in [2.24, 2.45) is 0 Å². The molecule has 3 rings (SSSR count). The van der Waals surface area contributed by atoms with Crippen LogP contribution in [0.2, 0.25) is 0 Å². The number of fused-ring (bicyclic) bond motifs is 1. The fourth-order valence-corrected chi connectivity index (χ4v) is 2.30. The van der Waals surface area contributed by atoms with Gasteiger partial charge in [-0.05, 0) is 29.3 Å². The minimum Gasteiger partial charge on any atom is -0.397 e. The molecule has 0 saturated carbocycles. The van der Waals surface area contributed by atoms with E-state index in [9.17, 15) is 0 Å². The van der Waals surface area contributed by atoms with Gasteiger partial charge in [0, 0.05) is 11.1 Å². The minimum absolute atomic E-state index is 0.381. The summed E-state index contributed by atoms with van der Waals surface area (Å²) in [5.41, 5.74) is 10.8. The molecule has 0 spiro atoms. The summed E-state index contributed by atoms with van der Waals surface area (Å²) in [7, 11) is 0. The van der Waals surface area contributed by atoms with Crippen molar-refractivity contribution in [1.82, 2.24) is 4.98 Å². The average molecular weight is 247 g/mol. The Morgan fingerprint density at radius 2 is 1.89 bits per heavy atom. The zero-order valence-electron chi connectivity index (χ0n) is 10.4. The van der Waals surface area contributed by atoms with E-state index in [0.29, 0.717) is 12.1 Å². The Hall–Kier alpha value is -2.73. The molecule has 3 heteroatoms. The van der Waals surface area contributed by atoms with E-state index in [0.717, 1.165) is 27.7 Å². The van der Waals surface area contributed by atoms with E-state index in [-0.39, 0.29) is 0 Å². The molecule has 0 atom stereocenters. The van der Waals surface area contributed by atoms with Crippen molar-refractivity contribution in [3.05, 3.63) is 54.1 Å². The second-order valence-corrected chi connectivity index (χ2v) is 4.53. The summed E-state index contributed by atoms with van der Waals surface area (Å²) in [5, 5.41) is 9.81. The number of anilines is 1. The standard InChI is InChI=1S/C16H13N3/c17-7-6-11-8-13-10-15(12-4-2-1-3-5-12)19-16(13)14(18)9-11/h1-5,8-10,19H,6,18H2. The van der Waals surface area contributed by atoms with Crippen LogP contribution in [0.3, 0.4) is 0 Å². The first kappa shape index (κ1) is 11.4. The van der Waals surface area contributed by atoms with Gasteiger partial charge < -0.3 is 10.7 Å². The van der Waals surface area contributed by atoms with Gasteiger partial charge in [-0.3, -0.25) is 0 Å². The molecule has 0 amide bonds. The van der Waals surface area contributed by atoms with Crippen molar-refractivity contribution < 1.29 is 0 Å². The molecule has 0 saturated heterocycles. The second-order valence-electron chi connectivity index (χ2n) is 4.53. The molecule has 0 unspecified atom stereocenters. The monoisotopic (exact) mass is 247 g/mol. The SMILES string of the molecule is N#CCc1cc(N)c2[nH]c(-c3ccccc3)cc2c1. The van der Waals surface area contributed by atoms with Crippen molar-refractivity contribution in [2.45, 2.75) is 6.42 Å². The molecule has 3 aromatic rings. The van der Waals surface area contributed by atoms with Crippen LogP contribution in [0, 0.1) is 11.3 Å². The number of nitrogens with zero attached hydrogens (tertiary/aromatic N) is 1. The highest BCUT2D eigenvalue weighted by Crippen LogP contribution is 2.28. The average Bonchev–Trinajstić information content (AvgIpc) is 2.85. The van der Waals surface area contributed by atoms with E-state index in [4.69, 9.17) is 11.0 Å². The summed E-state index contributed by atoms with van der Waals surface area (Å²) >= 11 is 0. The van der Waals surface area contributed by atoms with Crippen LogP contribution in [0.5, 0.6) is 0 Å². The van der Waals surface area contributed by atoms with Gasteiger partial charge in [0.25, 0.3) is 0 Å². The van der Waals surface area contributed by atoms with Crippen LogP contribution < -0.4 is 5.73 Å². The maximum absolute atomic E-state index is 8.77. The van der Waals surface area contributed by atoms with E-state index in [1.54, 1.807) is 0 Å². The highest BCUT2D eigenvalue weighted by molar-refractivity contribution is 5.94. The molecular weight excluding hydrogens is 234 g/mol. The molecular formula is C16H13N3. The summed E-state index contributed by atoms with van der Waals surface area (Å²) in [6.07, 6.45) is 0.381. The predicted octanol–water partition coefficient (Wildman–Crippen LogP) is 3.48. The second kappa shape index (κ2) is 4.51. The summed E-state index contributed by atoms with van der Waals surface area (Å²) in [4.78, 5) is 3.34. The van der Waals surface area contributed by atoms with Crippen molar-refractivity contribution in [3.8, 4) is 17.3 Å². The topological polar surface area (TPSA) is 65.6 Å². The Bertz CT molecular complexity index is 764. The van der Waals surface area contributed by atoms with E-state index in [2.05, 4.69) is 29.3 Å². The number of hydrogen-bond acceptors (Lipinski definition) is 2. The first-order valence-corrected chi connectivity index (χ1v) is 6.11. The minimum atomic E-state index is 0.381. The van der Waals surface area contributed by atoms with Gasteiger partial charge in [0.15, 0.2) is 0 Å². The molecule has 2 aromatic carbocycles. The molecule has 1 heterocycles. The lowest BCUT2D eigenvalue weighted by Gasteiger charge is -2.00. The predicted molar refractivity (Wildman–Crippen MR) is 77.5 cm³/mol. The third-order valence-corrected chi connectivity index (χ3v) is 3.19. The van der Waals surface area contributed by atoms with E-state index < -0.39 is 0 Å². The molecule has 0 fully saturated rings. The lowest BCUT2D eigenvalue weighted by molar-refractivity contribution is 1.27. The van der Waals surface area contributed by atoms with Gasteiger partial charge in [-0.1, -0.05) is 30.3 Å². The molecule has 19 heavy (non-hydrogen) atoms. The Kier molecular flexibility index (Phi) is 2.70. The van der Waals surface area contributed by atoms with Crippen LogP contribution in [0.25, 0.3) is 22.2 Å². The third kappa shape index (κ3) is 2.04. The summed E-state index contributed by atoms with van der Waals surface area (Å²) in [6, 6.07) is 18.2. The lowest BCUT2D eigenvalue weighted by Crippen LogP contribution is -1.90. The summed E-state index contributed by atoms with van der Waals surface area (Å²) in [6.45, 7) is 0. The van der Waals surface area contributed by atoms with Crippen molar-refractivity contribution in [2.75, 3.05) is 5.73 Å². The maximum Gasteiger partial charge on any atom is 0.0692 e. The molecule has 1 aromatic heterocycles. The number of nitrogens with one attached hydrogen (secondary N) is 1. The number of aromatic amines is 1. The van der Waals surface area contributed by atoms with Crippen LogP contribution in [0.4, 0.5) is 5.69 Å². The smallest absolute Gasteiger partial charge is 0.0692 e. The van der Waals surface area contributed by atoms with Gasteiger partial charge in [0.2, 0.25) is 0 Å². The molecule has 0 radical (unpaired) electrons. The molecule has 0 aliphatic heterocycles. The van der Waals surface area contributed by atoms with Gasteiger partial charge >= 0.3 is 0 Å². The third-order valence-electron chi connectivity index (χ3n) is 3.19. The molecule has 0 aliphatic carbocycles. The highest BCUT2D eigenvalue weighted by Gasteiger charge is 2.07. The van der Waals surface area contributed by atoms with E-state index in [1.165, 1.54) is 0 Å². The Labute approximate surface area is 111 Å². The quantitative estimate of drug-likeness (QED) is 0.681. The number of hydrogen-bond donors (Lipinski definition) is 2. The van der Waals surface area contributed by atoms with Gasteiger partial charge in [0.1, 0.15) is 0 Å². The van der Waals surface area contributed by atoms with Crippen molar-refractivity contribution >= 4 is 16.6 Å². The van der Waals surface area contributed by atoms with Crippen LogP contribution in [-0.2, 0) is 6.42 Å². The van der Waals surface area contributed by atoms with Crippen molar-refractivity contribution in [3.63, 3.8) is 0 Å². The number of aromatic nitrogens is 1. The first-order valence-electron chi connectivity index (χ1n) is 6.11. The number of rotatable bonds is 2. The largest absolute Gasteiger partial charge is 0.397 e. The number of benzene rings is 2. The van der Waals surface area contributed by atoms with Gasteiger partial charge in [0.05, 0.1) is 23.7 Å². The molecule has 3 N–H and O–H groups in total. The Morgan fingerprint density at radius 3 is 2.63 bits per heavy atom. The molecule has 92 valence electrons.